The molecule has 0 unspecified atom stereocenters. The summed E-state index contributed by atoms with van der Waals surface area (Å²) in [7, 11) is 0. The first kappa shape index (κ1) is 12.1. The van der Waals surface area contributed by atoms with Gasteiger partial charge in [-0.15, -0.1) is 5.10 Å². The number of hydrogen-bond donors (Lipinski definition) is 0. The van der Waals surface area contributed by atoms with Crippen LogP contribution < -0.4 is 5.69 Å². The summed E-state index contributed by atoms with van der Waals surface area (Å²) in [6.45, 7) is 0.439. The Morgan fingerprint density at radius 2 is 2.05 bits per heavy atom. The number of pyridine rings is 1. The lowest BCUT2D eigenvalue weighted by Crippen LogP contribution is -2.25. The van der Waals surface area contributed by atoms with Gasteiger partial charge in [-0.3, -0.25) is 9.55 Å². The summed E-state index contributed by atoms with van der Waals surface area (Å²) >= 11 is 0. The van der Waals surface area contributed by atoms with Crippen LogP contribution in [0.25, 0.3) is 11.6 Å². The molecule has 3 heterocycles. The summed E-state index contributed by atoms with van der Waals surface area (Å²) in [6, 6.07) is 7.66. The molecule has 0 aliphatic heterocycles. The van der Waals surface area contributed by atoms with Gasteiger partial charge in [-0.1, -0.05) is 0 Å². The molecule has 4 rings (SSSR count). The van der Waals surface area contributed by atoms with Crippen molar-refractivity contribution in [1.29, 1.82) is 0 Å². The van der Waals surface area contributed by atoms with Gasteiger partial charge in [0.25, 0.3) is 0 Å². The lowest BCUT2D eigenvalue weighted by atomic mass is 10.3. The first-order valence-electron chi connectivity index (χ1n) is 6.95. The maximum absolute atomic E-state index is 12.6. The fraction of sp³-hybridized carbons (Fsp3) is 0.267. The minimum atomic E-state index is -0.0827. The number of aromatic nitrogens is 4. The maximum atomic E-state index is 12.6. The van der Waals surface area contributed by atoms with E-state index in [9.17, 15) is 4.79 Å². The Morgan fingerprint density at radius 3 is 2.71 bits per heavy atom. The Labute approximate surface area is 120 Å². The minimum Gasteiger partial charge on any atom is -0.461 e. The zero-order valence-electron chi connectivity index (χ0n) is 11.3. The van der Waals surface area contributed by atoms with E-state index in [4.69, 9.17) is 4.42 Å². The Bertz CT molecular complexity index is 798. The van der Waals surface area contributed by atoms with E-state index < -0.39 is 0 Å². The molecule has 0 saturated heterocycles. The van der Waals surface area contributed by atoms with Gasteiger partial charge < -0.3 is 4.42 Å². The number of rotatable bonds is 4. The first-order valence-corrected chi connectivity index (χ1v) is 6.95. The Hall–Kier alpha value is -2.63. The third-order valence-corrected chi connectivity index (χ3v) is 3.61. The molecule has 6 heteroatoms. The van der Waals surface area contributed by atoms with Crippen LogP contribution in [0.3, 0.4) is 0 Å². The van der Waals surface area contributed by atoms with E-state index in [-0.39, 0.29) is 11.7 Å². The third kappa shape index (κ3) is 2.18. The summed E-state index contributed by atoms with van der Waals surface area (Å²) in [6.07, 6.45) is 7.07. The van der Waals surface area contributed by atoms with Gasteiger partial charge in [-0.2, -0.15) is 0 Å². The van der Waals surface area contributed by atoms with Crippen molar-refractivity contribution in [3.05, 3.63) is 59.0 Å². The van der Waals surface area contributed by atoms with Crippen LogP contribution in [0.2, 0.25) is 0 Å². The standard InChI is InChI=1S/C15H14N4O2/c20-15-18(10-11-5-7-16-8-6-11)17-14(13-2-1-9-21-13)19(15)12-3-4-12/h1-2,5-9,12H,3-4,10H2. The van der Waals surface area contributed by atoms with E-state index in [1.807, 2.05) is 18.2 Å². The van der Waals surface area contributed by atoms with Crippen molar-refractivity contribution in [1.82, 2.24) is 19.3 Å². The van der Waals surface area contributed by atoms with Crippen LogP contribution in [0.1, 0.15) is 24.4 Å². The molecule has 0 N–H and O–H groups in total. The topological polar surface area (TPSA) is 65.8 Å². The van der Waals surface area contributed by atoms with Gasteiger partial charge in [0.05, 0.1) is 12.8 Å². The maximum Gasteiger partial charge on any atom is 0.346 e. The molecule has 1 fully saturated rings. The van der Waals surface area contributed by atoms with Gasteiger partial charge in [0, 0.05) is 18.4 Å². The fourth-order valence-corrected chi connectivity index (χ4v) is 2.42. The Kier molecular flexibility index (Phi) is 2.73. The van der Waals surface area contributed by atoms with E-state index in [0.717, 1.165) is 18.4 Å². The molecule has 0 amide bonds. The molecule has 1 aliphatic carbocycles. The van der Waals surface area contributed by atoms with Gasteiger partial charge in [0.2, 0.25) is 5.82 Å². The highest BCUT2D eigenvalue weighted by Crippen LogP contribution is 2.36. The van der Waals surface area contributed by atoms with Gasteiger partial charge >= 0.3 is 5.69 Å². The molecule has 3 aromatic heterocycles. The van der Waals surface area contributed by atoms with Crippen molar-refractivity contribution in [2.24, 2.45) is 0 Å². The fourth-order valence-electron chi connectivity index (χ4n) is 2.42. The molecule has 0 aromatic carbocycles. The molecule has 0 atom stereocenters. The average Bonchev–Trinajstić information content (AvgIpc) is 3.09. The lowest BCUT2D eigenvalue weighted by Gasteiger charge is -1.99. The summed E-state index contributed by atoms with van der Waals surface area (Å²) in [5.41, 5.74) is 0.916. The summed E-state index contributed by atoms with van der Waals surface area (Å²) in [5, 5.41) is 4.46. The molecule has 106 valence electrons. The molecule has 0 spiro atoms. The smallest absolute Gasteiger partial charge is 0.346 e. The van der Waals surface area contributed by atoms with Crippen molar-refractivity contribution >= 4 is 0 Å². The highest BCUT2D eigenvalue weighted by Gasteiger charge is 2.31. The van der Waals surface area contributed by atoms with Crippen LogP contribution in [0.5, 0.6) is 0 Å². The monoisotopic (exact) mass is 282 g/mol. The molecule has 1 aliphatic rings. The van der Waals surface area contributed by atoms with E-state index in [0.29, 0.717) is 18.1 Å². The van der Waals surface area contributed by atoms with Crippen LogP contribution in [0.15, 0.2) is 52.1 Å². The zero-order valence-corrected chi connectivity index (χ0v) is 11.3. The van der Waals surface area contributed by atoms with E-state index in [2.05, 4.69) is 10.1 Å². The van der Waals surface area contributed by atoms with Crippen LogP contribution in [-0.2, 0) is 6.54 Å². The van der Waals surface area contributed by atoms with Crippen LogP contribution >= 0.6 is 0 Å². The van der Waals surface area contributed by atoms with Gasteiger partial charge in [-0.25, -0.2) is 9.48 Å². The number of furan rings is 1. The van der Waals surface area contributed by atoms with Crippen LogP contribution in [0.4, 0.5) is 0 Å². The number of hydrogen-bond acceptors (Lipinski definition) is 4. The molecule has 0 bridgehead atoms. The van der Waals surface area contributed by atoms with Gasteiger partial charge in [-0.05, 0) is 42.7 Å². The molecular weight excluding hydrogens is 268 g/mol. The van der Waals surface area contributed by atoms with Crippen LogP contribution in [-0.4, -0.2) is 19.3 Å². The Balaban J connectivity index is 1.78. The van der Waals surface area contributed by atoms with E-state index in [1.54, 1.807) is 29.3 Å². The SMILES string of the molecule is O=c1n(Cc2ccncc2)nc(-c2ccco2)n1C1CC1. The molecule has 0 radical (unpaired) electrons. The summed E-state index contributed by atoms with van der Waals surface area (Å²) < 4.78 is 8.65. The molecule has 1 saturated carbocycles. The third-order valence-electron chi connectivity index (χ3n) is 3.61. The first-order chi connectivity index (χ1) is 10.3. The Morgan fingerprint density at radius 1 is 1.24 bits per heavy atom. The summed E-state index contributed by atoms with van der Waals surface area (Å²) in [5.74, 6) is 1.24. The van der Waals surface area contributed by atoms with E-state index >= 15 is 0 Å². The highest BCUT2D eigenvalue weighted by atomic mass is 16.3. The molecule has 21 heavy (non-hydrogen) atoms. The lowest BCUT2D eigenvalue weighted by molar-refractivity contribution is 0.568. The van der Waals surface area contributed by atoms with Crippen molar-refractivity contribution in [2.75, 3.05) is 0 Å². The van der Waals surface area contributed by atoms with Crippen molar-refractivity contribution in [3.63, 3.8) is 0 Å². The molecule has 6 nitrogen and oxygen atoms in total. The highest BCUT2D eigenvalue weighted by molar-refractivity contribution is 5.46. The number of nitrogens with zero attached hydrogens (tertiary/aromatic N) is 4. The van der Waals surface area contributed by atoms with Crippen molar-refractivity contribution in [3.8, 4) is 11.6 Å². The van der Waals surface area contributed by atoms with Gasteiger partial charge in [0.1, 0.15) is 0 Å². The molecule has 3 aromatic rings. The quantitative estimate of drug-likeness (QED) is 0.735. The second kappa shape index (κ2) is 4.73. The average molecular weight is 282 g/mol. The van der Waals surface area contributed by atoms with Crippen molar-refractivity contribution < 1.29 is 4.42 Å². The normalized spacial score (nSPS) is 14.5. The predicted octanol–water partition coefficient (Wildman–Crippen LogP) is 2.08. The predicted molar refractivity (Wildman–Crippen MR) is 75.8 cm³/mol. The largest absolute Gasteiger partial charge is 0.461 e. The second-order valence-corrected chi connectivity index (χ2v) is 5.20. The van der Waals surface area contributed by atoms with Gasteiger partial charge in [0.15, 0.2) is 5.76 Å². The minimum absolute atomic E-state index is 0.0827. The summed E-state index contributed by atoms with van der Waals surface area (Å²) in [4.78, 5) is 16.6. The van der Waals surface area contributed by atoms with E-state index in [1.165, 1.54) is 4.68 Å². The zero-order chi connectivity index (χ0) is 14.2. The van der Waals surface area contributed by atoms with Crippen molar-refractivity contribution in [2.45, 2.75) is 25.4 Å². The van der Waals surface area contributed by atoms with Crippen LogP contribution in [0, 0.1) is 0 Å². The second-order valence-electron chi connectivity index (χ2n) is 5.20. The molecular formula is C15H14N4O2.